The van der Waals surface area contributed by atoms with Crippen LogP contribution in [-0.4, -0.2) is 64.2 Å². The van der Waals surface area contributed by atoms with E-state index in [0.29, 0.717) is 30.8 Å². The lowest BCUT2D eigenvalue weighted by Crippen LogP contribution is -3.00. The van der Waals surface area contributed by atoms with Crippen LogP contribution >= 0.6 is 0 Å². The number of methoxy groups -OCH3 is 1. The summed E-state index contributed by atoms with van der Waals surface area (Å²) in [7, 11) is 1.65. The largest absolute Gasteiger partial charge is 1.00 e. The first-order valence-corrected chi connectivity index (χ1v) is 12.5. The number of ketones is 2. The van der Waals surface area contributed by atoms with Gasteiger partial charge in [-0.15, -0.1) is 0 Å². The van der Waals surface area contributed by atoms with E-state index in [0.717, 1.165) is 27.9 Å². The Kier molecular flexibility index (Phi) is 7.40. The van der Waals surface area contributed by atoms with E-state index < -0.39 is 12.1 Å². The van der Waals surface area contributed by atoms with Crippen molar-refractivity contribution in [2.45, 2.75) is 18.6 Å². The zero-order valence-electron chi connectivity index (χ0n) is 21.0. The number of benzene rings is 3. The monoisotopic (exact) mass is 569 g/mol. The van der Waals surface area contributed by atoms with Crippen LogP contribution in [0.3, 0.4) is 0 Å². The van der Waals surface area contributed by atoms with Crippen molar-refractivity contribution in [3.8, 4) is 0 Å². The van der Waals surface area contributed by atoms with Gasteiger partial charge < -0.3 is 26.7 Å². The first-order valence-electron chi connectivity index (χ1n) is 12.5. The van der Waals surface area contributed by atoms with Gasteiger partial charge in [-0.3, -0.25) is 9.59 Å². The predicted octanol–water partition coefficient (Wildman–Crippen LogP) is 1.57. The molecular formula is C31H28BrN3O3. The van der Waals surface area contributed by atoms with Crippen LogP contribution in [0, 0.1) is 0 Å². The number of hydrogen-bond donors (Lipinski definition) is 1. The fourth-order valence-corrected chi connectivity index (χ4v) is 5.58. The molecule has 1 aliphatic heterocycles. The number of para-hydroxylation sites is 1. The summed E-state index contributed by atoms with van der Waals surface area (Å²) < 4.78 is 7.52. The minimum Gasteiger partial charge on any atom is -1.00 e. The molecule has 2 unspecified atom stereocenters. The molecule has 0 radical (unpaired) electrons. The zero-order valence-corrected chi connectivity index (χ0v) is 22.6. The highest BCUT2D eigenvalue weighted by atomic mass is 79.9. The second-order valence-corrected chi connectivity index (χ2v) is 9.44. The molecule has 4 aromatic rings. The fourth-order valence-electron chi connectivity index (χ4n) is 5.58. The minimum atomic E-state index is -0.609. The maximum atomic E-state index is 13.9. The Bertz CT molecular complexity index is 1560. The maximum absolute atomic E-state index is 13.9. The van der Waals surface area contributed by atoms with E-state index >= 15 is 0 Å². The van der Waals surface area contributed by atoms with Gasteiger partial charge in [-0.05, 0) is 17.7 Å². The summed E-state index contributed by atoms with van der Waals surface area (Å²) in [5.74, 6) is 0.801. The molecule has 0 fully saturated rings. The number of H-pyrrole nitrogens is 1. The molecule has 3 aromatic carbocycles. The van der Waals surface area contributed by atoms with Gasteiger partial charge in [0, 0.05) is 47.0 Å². The molecule has 1 aliphatic carbocycles. The predicted molar refractivity (Wildman–Crippen MR) is 144 cm³/mol. The SMILES string of the molecule is COCCN1C(/C=C/c2c[nH]c3ccccc23)=[N+](Cc2ccccc2)C2C(=O)c3ccccc3C(=O)C21.[Br-]. The summed E-state index contributed by atoms with van der Waals surface area (Å²) >= 11 is 0. The van der Waals surface area contributed by atoms with Crippen molar-refractivity contribution in [1.29, 1.82) is 0 Å². The summed E-state index contributed by atoms with van der Waals surface area (Å²) in [6.45, 7) is 1.45. The van der Waals surface area contributed by atoms with E-state index in [4.69, 9.17) is 4.74 Å². The number of nitrogens with zero attached hydrogens (tertiary/aromatic N) is 2. The molecule has 2 atom stereocenters. The average molecular weight is 570 g/mol. The third kappa shape index (κ3) is 4.42. The Morgan fingerprint density at radius 1 is 0.895 bits per heavy atom. The lowest BCUT2D eigenvalue weighted by Gasteiger charge is -2.27. The molecule has 192 valence electrons. The van der Waals surface area contributed by atoms with E-state index in [1.807, 2.05) is 60.8 Å². The van der Waals surface area contributed by atoms with Crippen LogP contribution in [0.4, 0.5) is 0 Å². The number of carbonyl (C=O) groups excluding carboxylic acids is 2. The van der Waals surface area contributed by atoms with Crippen molar-refractivity contribution in [3.63, 3.8) is 0 Å². The molecule has 0 saturated carbocycles. The highest BCUT2D eigenvalue weighted by molar-refractivity contribution is 6.20. The molecule has 38 heavy (non-hydrogen) atoms. The van der Waals surface area contributed by atoms with E-state index in [1.165, 1.54) is 0 Å². The zero-order chi connectivity index (χ0) is 25.4. The molecule has 7 heteroatoms. The second kappa shape index (κ2) is 10.9. The Hall–Kier alpha value is -3.81. The number of hydrogen-bond acceptors (Lipinski definition) is 4. The standard InChI is InChI=1S/C31H27N3O3.BrH/c1-37-18-17-33-27(16-15-22-19-32-26-14-8-7-11-23(22)26)34(20-21-9-3-2-4-10-21)29-28(33)30(35)24-12-5-6-13-25(24)31(29)36;/h2-16,19,28-29H,17-18,20H2,1H3;1H. The quantitative estimate of drug-likeness (QED) is 0.343. The molecule has 0 saturated heterocycles. The van der Waals surface area contributed by atoms with Gasteiger partial charge >= 0.3 is 0 Å². The number of rotatable bonds is 7. The van der Waals surface area contributed by atoms with Crippen molar-refractivity contribution in [1.82, 2.24) is 9.88 Å². The fraction of sp³-hybridized carbons (Fsp3) is 0.194. The van der Waals surface area contributed by atoms with Gasteiger partial charge in [-0.2, -0.15) is 0 Å². The van der Waals surface area contributed by atoms with E-state index in [2.05, 4.69) is 38.7 Å². The van der Waals surface area contributed by atoms with E-state index in [1.54, 1.807) is 19.2 Å². The average Bonchev–Trinajstić information content (AvgIpc) is 3.49. The van der Waals surface area contributed by atoms with Crippen LogP contribution in [0.5, 0.6) is 0 Å². The number of Topliss-reactive ketones (excluding diaryl/α,β-unsaturated/α-hetero) is 2. The summed E-state index contributed by atoms with van der Waals surface area (Å²) in [4.78, 5) is 33.2. The smallest absolute Gasteiger partial charge is 0.273 e. The Morgan fingerprint density at radius 3 is 2.34 bits per heavy atom. The first-order chi connectivity index (χ1) is 18.2. The Labute approximate surface area is 232 Å². The maximum Gasteiger partial charge on any atom is 0.273 e. The lowest BCUT2D eigenvalue weighted by molar-refractivity contribution is -0.557. The number of aromatic nitrogens is 1. The van der Waals surface area contributed by atoms with Gasteiger partial charge in [0.1, 0.15) is 13.1 Å². The highest BCUT2D eigenvalue weighted by Crippen LogP contribution is 2.32. The summed E-state index contributed by atoms with van der Waals surface area (Å²) in [5, 5.41) is 1.12. The molecule has 0 spiro atoms. The normalized spacial score (nSPS) is 18.7. The van der Waals surface area contributed by atoms with E-state index in [9.17, 15) is 9.59 Å². The van der Waals surface area contributed by atoms with Crippen LogP contribution < -0.4 is 17.0 Å². The van der Waals surface area contributed by atoms with Gasteiger partial charge in [0.25, 0.3) is 5.84 Å². The van der Waals surface area contributed by atoms with Crippen LogP contribution in [-0.2, 0) is 11.3 Å². The molecule has 1 N–H and O–H groups in total. The molecular weight excluding hydrogens is 542 g/mol. The van der Waals surface area contributed by atoms with Crippen molar-refractivity contribution >= 4 is 34.4 Å². The first kappa shape index (κ1) is 25.8. The van der Waals surface area contributed by atoms with Gasteiger partial charge in [-0.25, -0.2) is 9.48 Å². The summed E-state index contributed by atoms with van der Waals surface area (Å²) in [5.41, 5.74) is 4.18. The molecule has 6 nitrogen and oxygen atoms in total. The Balaban J connectivity index is 0.00000294. The van der Waals surface area contributed by atoms with Crippen LogP contribution in [0.15, 0.2) is 91.1 Å². The number of nitrogens with one attached hydrogen (secondary N) is 1. The molecule has 6 rings (SSSR count). The summed E-state index contributed by atoms with van der Waals surface area (Å²) in [6, 6.07) is 24.2. The Morgan fingerprint density at radius 2 is 1.58 bits per heavy atom. The molecule has 0 amide bonds. The van der Waals surface area contributed by atoms with Crippen LogP contribution in [0.2, 0.25) is 0 Å². The second-order valence-electron chi connectivity index (χ2n) is 9.44. The van der Waals surface area contributed by atoms with Crippen LogP contribution in [0.25, 0.3) is 17.0 Å². The minimum absolute atomic E-state index is 0. The van der Waals surface area contributed by atoms with Crippen molar-refractivity contribution in [2.75, 3.05) is 20.3 Å². The van der Waals surface area contributed by atoms with Crippen molar-refractivity contribution in [2.24, 2.45) is 0 Å². The van der Waals surface area contributed by atoms with Gasteiger partial charge in [0.2, 0.25) is 23.7 Å². The topological polar surface area (TPSA) is 65.4 Å². The number of halogens is 1. The van der Waals surface area contributed by atoms with Gasteiger partial charge in [0.05, 0.1) is 6.61 Å². The molecule has 0 bridgehead atoms. The number of aromatic amines is 1. The van der Waals surface area contributed by atoms with E-state index in [-0.39, 0.29) is 28.5 Å². The van der Waals surface area contributed by atoms with Gasteiger partial charge in [-0.1, -0.05) is 72.8 Å². The molecule has 1 aromatic heterocycles. The van der Waals surface area contributed by atoms with Crippen molar-refractivity contribution < 1.29 is 35.9 Å². The number of fused-ring (bicyclic) bond motifs is 3. The third-order valence-corrected chi connectivity index (χ3v) is 7.32. The summed E-state index contributed by atoms with van der Waals surface area (Å²) in [6.07, 6.45) is 6.08. The van der Waals surface area contributed by atoms with Crippen molar-refractivity contribution in [3.05, 3.63) is 113 Å². The molecule has 2 heterocycles. The number of carbonyl (C=O) groups is 2. The molecule has 2 aliphatic rings. The number of amidine groups is 1. The van der Waals surface area contributed by atoms with Gasteiger partial charge in [0.15, 0.2) is 0 Å². The van der Waals surface area contributed by atoms with Crippen LogP contribution in [0.1, 0.15) is 31.8 Å². The number of ether oxygens (including phenoxy) is 1. The lowest BCUT2D eigenvalue weighted by atomic mass is 9.82. The third-order valence-electron chi connectivity index (χ3n) is 7.32. The highest BCUT2D eigenvalue weighted by Gasteiger charge is 2.57.